The van der Waals surface area contributed by atoms with Crippen molar-refractivity contribution in [1.82, 2.24) is 5.32 Å². The van der Waals surface area contributed by atoms with Crippen molar-refractivity contribution >= 4 is 23.4 Å². The van der Waals surface area contributed by atoms with Gasteiger partial charge in [-0.25, -0.2) is 0 Å². The standard InChI is InChI=1S/C15H19ClN2O3/c16-10-6-4-9(5-7-10)13(19)8-14(20)18-12-3-1-2-11(12)15(17)21/h4-7,11-13,19H,1-3,8H2,(H2,17,21)(H,18,20)/t11-,12-,13-/m1/s1. The number of aliphatic hydroxyl groups is 1. The Kier molecular flexibility index (Phi) is 5.20. The number of nitrogens with one attached hydrogen (secondary N) is 1. The van der Waals surface area contributed by atoms with Gasteiger partial charge in [0.2, 0.25) is 11.8 Å². The summed E-state index contributed by atoms with van der Waals surface area (Å²) in [4.78, 5) is 23.2. The molecule has 4 N–H and O–H groups in total. The molecule has 1 aromatic rings. The Morgan fingerprint density at radius 3 is 2.62 bits per heavy atom. The van der Waals surface area contributed by atoms with E-state index in [1.807, 2.05) is 0 Å². The second-order valence-corrected chi connectivity index (χ2v) is 5.82. The summed E-state index contributed by atoms with van der Waals surface area (Å²) in [5.74, 6) is -0.965. The number of carbonyl (C=O) groups excluding carboxylic acids is 2. The Bertz CT molecular complexity index is 518. The van der Waals surface area contributed by atoms with Gasteiger partial charge >= 0.3 is 0 Å². The summed E-state index contributed by atoms with van der Waals surface area (Å²) in [6.07, 6.45) is 1.38. The van der Waals surface area contributed by atoms with E-state index in [4.69, 9.17) is 17.3 Å². The lowest BCUT2D eigenvalue weighted by Gasteiger charge is -2.19. The van der Waals surface area contributed by atoms with Gasteiger partial charge in [-0.2, -0.15) is 0 Å². The van der Waals surface area contributed by atoms with E-state index in [-0.39, 0.29) is 30.2 Å². The average Bonchev–Trinajstić information content (AvgIpc) is 2.87. The molecule has 0 unspecified atom stereocenters. The van der Waals surface area contributed by atoms with Crippen LogP contribution >= 0.6 is 11.6 Å². The average molecular weight is 311 g/mol. The number of primary amides is 1. The third-order valence-electron chi connectivity index (χ3n) is 3.86. The summed E-state index contributed by atoms with van der Waals surface area (Å²) >= 11 is 5.78. The minimum absolute atomic E-state index is 0.0520. The van der Waals surface area contributed by atoms with Crippen LogP contribution in [-0.4, -0.2) is 23.0 Å². The normalized spacial score (nSPS) is 22.8. The van der Waals surface area contributed by atoms with E-state index in [0.29, 0.717) is 17.0 Å². The Morgan fingerprint density at radius 1 is 1.33 bits per heavy atom. The number of aliphatic hydroxyl groups excluding tert-OH is 1. The smallest absolute Gasteiger partial charge is 0.223 e. The fourth-order valence-electron chi connectivity index (χ4n) is 2.72. The molecule has 0 aliphatic heterocycles. The number of nitrogens with two attached hydrogens (primary N) is 1. The SMILES string of the molecule is NC(=O)[C@@H]1CCC[C@H]1NC(=O)C[C@@H](O)c1ccc(Cl)cc1. The monoisotopic (exact) mass is 310 g/mol. The zero-order valence-electron chi connectivity index (χ0n) is 11.6. The summed E-state index contributed by atoms with van der Waals surface area (Å²) in [6.45, 7) is 0. The van der Waals surface area contributed by atoms with Crippen LogP contribution in [-0.2, 0) is 9.59 Å². The first-order valence-corrected chi connectivity index (χ1v) is 7.37. The van der Waals surface area contributed by atoms with E-state index >= 15 is 0 Å². The molecule has 1 saturated carbocycles. The molecule has 5 nitrogen and oxygen atoms in total. The molecule has 0 spiro atoms. The van der Waals surface area contributed by atoms with Crippen LogP contribution in [0.3, 0.4) is 0 Å². The zero-order valence-corrected chi connectivity index (χ0v) is 12.3. The zero-order chi connectivity index (χ0) is 15.4. The van der Waals surface area contributed by atoms with Gasteiger partial charge in [-0.15, -0.1) is 0 Å². The largest absolute Gasteiger partial charge is 0.388 e. The van der Waals surface area contributed by atoms with Gasteiger partial charge in [-0.1, -0.05) is 30.2 Å². The molecule has 0 aromatic heterocycles. The van der Waals surface area contributed by atoms with Gasteiger partial charge in [0.15, 0.2) is 0 Å². The van der Waals surface area contributed by atoms with Crippen molar-refractivity contribution < 1.29 is 14.7 Å². The van der Waals surface area contributed by atoms with Crippen molar-refractivity contribution in [2.75, 3.05) is 0 Å². The Morgan fingerprint density at radius 2 is 2.00 bits per heavy atom. The molecule has 0 bridgehead atoms. The first kappa shape index (κ1) is 15.8. The van der Waals surface area contributed by atoms with E-state index in [2.05, 4.69) is 5.32 Å². The van der Waals surface area contributed by atoms with Crippen LogP contribution < -0.4 is 11.1 Å². The molecular formula is C15H19ClN2O3. The van der Waals surface area contributed by atoms with Crippen LogP contribution in [0.15, 0.2) is 24.3 Å². The van der Waals surface area contributed by atoms with Gasteiger partial charge in [-0.3, -0.25) is 9.59 Å². The van der Waals surface area contributed by atoms with Gasteiger partial charge in [0.25, 0.3) is 0 Å². The number of carbonyl (C=O) groups is 2. The third-order valence-corrected chi connectivity index (χ3v) is 4.11. The number of rotatable bonds is 5. The maximum absolute atomic E-state index is 12.0. The summed E-state index contributed by atoms with van der Waals surface area (Å²) in [5.41, 5.74) is 5.95. The predicted molar refractivity (Wildman–Crippen MR) is 79.5 cm³/mol. The van der Waals surface area contributed by atoms with Crippen LogP contribution in [0.4, 0.5) is 0 Å². The van der Waals surface area contributed by atoms with Gasteiger partial charge in [0, 0.05) is 11.1 Å². The number of amides is 2. The third kappa shape index (κ3) is 4.19. The second kappa shape index (κ2) is 6.91. The lowest BCUT2D eigenvalue weighted by atomic mass is 10.0. The highest BCUT2D eigenvalue weighted by atomic mass is 35.5. The molecule has 0 heterocycles. The van der Waals surface area contributed by atoms with Crippen LogP contribution in [0.5, 0.6) is 0 Å². The molecule has 1 aromatic carbocycles. The molecule has 1 fully saturated rings. The molecule has 3 atom stereocenters. The first-order valence-electron chi connectivity index (χ1n) is 6.99. The van der Waals surface area contributed by atoms with E-state index < -0.39 is 6.10 Å². The molecule has 21 heavy (non-hydrogen) atoms. The quantitative estimate of drug-likeness (QED) is 0.770. The van der Waals surface area contributed by atoms with Crippen molar-refractivity contribution in [1.29, 1.82) is 0 Å². The highest BCUT2D eigenvalue weighted by molar-refractivity contribution is 6.30. The first-order chi connectivity index (χ1) is 9.97. The van der Waals surface area contributed by atoms with E-state index in [0.717, 1.165) is 12.8 Å². The van der Waals surface area contributed by atoms with E-state index in [1.165, 1.54) is 0 Å². The van der Waals surface area contributed by atoms with Crippen molar-refractivity contribution in [3.63, 3.8) is 0 Å². The van der Waals surface area contributed by atoms with Gasteiger partial charge in [0.1, 0.15) is 0 Å². The second-order valence-electron chi connectivity index (χ2n) is 5.39. The molecule has 6 heteroatoms. The van der Waals surface area contributed by atoms with Crippen LogP contribution in [0.1, 0.15) is 37.4 Å². The summed E-state index contributed by atoms with van der Waals surface area (Å²) in [5, 5.41) is 13.4. The Balaban J connectivity index is 1.89. The molecule has 0 saturated heterocycles. The molecule has 0 radical (unpaired) electrons. The predicted octanol–water partition coefficient (Wildman–Crippen LogP) is 1.53. The van der Waals surface area contributed by atoms with E-state index in [1.54, 1.807) is 24.3 Å². The van der Waals surface area contributed by atoms with Crippen LogP contribution in [0, 0.1) is 5.92 Å². The number of hydrogen-bond donors (Lipinski definition) is 3. The number of halogens is 1. The molecule has 114 valence electrons. The lowest BCUT2D eigenvalue weighted by molar-refractivity contribution is -0.125. The van der Waals surface area contributed by atoms with Crippen molar-refractivity contribution in [2.45, 2.75) is 37.8 Å². The minimum Gasteiger partial charge on any atom is -0.388 e. The number of hydrogen-bond acceptors (Lipinski definition) is 3. The van der Waals surface area contributed by atoms with Gasteiger partial charge in [0.05, 0.1) is 18.4 Å². The minimum atomic E-state index is -0.893. The topological polar surface area (TPSA) is 92.4 Å². The lowest BCUT2D eigenvalue weighted by Crippen LogP contribution is -2.42. The fraction of sp³-hybridized carbons (Fsp3) is 0.467. The van der Waals surface area contributed by atoms with Crippen LogP contribution in [0.25, 0.3) is 0 Å². The number of benzene rings is 1. The Hall–Kier alpha value is -1.59. The molecule has 1 aliphatic rings. The molecular weight excluding hydrogens is 292 g/mol. The molecule has 2 rings (SSSR count). The summed E-state index contributed by atoms with van der Waals surface area (Å²) in [6, 6.07) is 6.48. The maximum Gasteiger partial charge on any atom is 0.223 e. The molecule has 2 amide bonds. The summed E-state index contributed by atoms with van der Waals surface area (Å²) in [7, 11) is 0. The van der Waals surface area contributed by atoms with Gasteiger partial charge in [-0.05, 0) is 30.5 Å². The Labute approximate surface area is 128 Å². The van der Waals surface area contributed by atoms with Gasteiger partial charge < -0.3 is 16.2 Å². The van der Waals surface area contributed by atoms with Crippen LogP contribution in [0.2, 0.25) is 5.02 Å². The van der Waals surface area contributed by atoms with E-state index in [9.17, 15) is 14.7 Å². The highest BCUT2D eigenvalue weighted by Gasteiger charge is 2.32. The van der Waals surface area contributed by atoms with Crippen molar-refractivity contribution in [3.8, 4) is 0 Å². The highest BCUT2D eigenvalue weighted by Crippen LogP contribution is 2.26. The van der Waals surface area contributed by atoms with Crippen molar-refractivity contribution in [3.05, 3.63) is 34.9 Å². The summed E-state index contributed by atoms with van der Waals surface area (Å²) < 4.78 is 0. The maximum atomic E-state index is 12.0. The molecule has 1 aliphatic carbocycles. The fourth-order valence-corrected chi connectivity index (χ4v) is 2.84. The van der Waals surface area contributed by atoms with Crippen molar-refractivity contribution in [2.24, 2.45) is 11.7 Å².